The Hall–Kier alpha value is -1.02. The van der Waals surface area contributed by atoms with Crippen molar-refractivity contribution in [1.82, 2.24) is 5.32 Å². The number of aromatic hydroxyl groups is 1. The number of hydrogen-bond acceptors (Lipinski definition) is 2. The van der Waals surface area contributed by atoms with Gasteiger partial charge >= 0.3 is 0 Å². The summed E-state index contributed by atoms with van der Waals surface area (Å²) in [6.07, 6.45) is 3.33. The van der Waals surface area contributed by atoms with Gasteiger partial charge in [0.2, 0.25) is 0 Å². The first-order chi connectivity index (χ1) is 7.31. The predicted molar refractivity (Wildman–Crippen MR) is 62.2 cm³/mol. The van der Waals surface area contributed by atoms with Crippen LogP contribution in [0.4, 0.5) is 0 Å². The highest BCUT2D eigenvalue weighted by molar-refractivity contribution is 5.40. The Labute approximate surface area is 91.3 Å². The highest BCUT2D eigenvalue weighted by Gasteiger charge is 2.19. The fraction of sp³-hybridized carbons (Fsp3) is 0.538. The first-order valence-corrected chi connectivity index (χ1v) is 5.81. The molecule has 0 fully saturated rings. The minimum atomic E-state index is 0.481. The molecule has 2 heteroatoms. The summed E-state index contributed by atoms with van der Waals surface area (Å²) in [7, 11) is 0. The fourth-order valence-electron chi connectivity index (χ4n) is 2.39. The summed E-state index contributed by atoms with van der Waals surface area (Å²) in [6, 6.07) is 5.89. The van der Waals surface area contributed by atoms with Crippen LogP contribution in [-0.4, -0.2) is 18.2 Å². The van der Waals surface area contributed by atoms with Crippen LogP contribution in [0.3, 0.4) is 0 Å². The lowest BCUT2D eigenvalue weighted by Gasteiger charge is -2.25. The quantitative estimate of drug-likeness (QED) is 0.792. The average Bonchev–Trinajstić information content (AvgIpc) is 2.26. The summed E-state index contributed by atoms with van der Waals surface area (Å²) in [5.74, 6) is 1.22. The van der Waals surface area contributed by atoms with Crippen molar-refractivity contribution >= 4 is 0 Å². The zero-order valence-corrected chi connectivity index (χ0v) is 9.29. The third-order valence-electron chi connectivity index (χ3n) is 3.24. The van der Waals surface area contributed by atoms with Gasteiger partial charge in [-0.15, -0.1) is 0 Å². The van der Waals surface area contributed by atoms with E-state index >= 15 is 0 Å². The maximum Gasteiger partial charge on any atom is 0.119 e. The van der Waals surface area contributed by atoms with Gasteiger partial charge in [-0.05, 0) is 55.5 Å². The highest BCUT2D eigenvalue weighted by atomic mass is 16.3. The average molecular weight is 205 g/mol. The first kappa shape index (κ1) is 10.5. The van der Waals surface area contributed by atoms with Crippen LogP contribution in [0.1, 0.15) is 24.5 Å². The van der Waals surface area contributed by atoms with E-state index in [1.807, 2.05) is 6.07 Å². The second-order valence-corrected chi connectivity index (χ2v) is 4.33. The van der Waals surface area contributed by atoms with Crippen molar-refractivity contribution in [2.75, 3.05) is 13.1 Å². The summed E-state index contributed by atoms with van der Waals surface area (Å²) in [6.45, 7) is 4.29. The molecule has 1 unspecified atom stereocenters. The lowest BCUT2D eigenvalue weighted by atomic mass is 9.83. The fourth-order valence-corrected chi connectivity index (χ4v) is 2.39. The monoisotopic (exact) mass is 205 g/mol. The van der Waals surface area contributed by atoms with Crippen molar-refractivity contribution in [3.8, 4) is 5.75 Å². The van der Waals surface area contributed by atoms with Crippen LogP contribution in [0.5, 0.6) is 5.75 Å². The van der Waals surface area contributed by atoms with Crippen LogP contribution in [0.15, 0.2) is 18.2 Å². The molecule has 2 nitrogen and oxygen atoms in total. The van der Waals surface area contributed by atoms with Crippen molar-refractivity contribution in [1.29, 1.82) is 0 Å². The SMILES string of the molecule is CCNCC1CCc2c(O)cccc2C1. The Bertz CT molecular complexity index is 335. The number of fused-ring (bicyclic) bond motifs is 1. The minimum absolute atomic E-state index is 0.481. The summed E-state index contributed by atoms with van der Waals surface area (Å²) >= 11 is 0. The molecule has 0 spiro atoms. The molecule has 82 valence electrons. The van der Waals surface area contributed by atoms with E-state index in [1.54, 1.807) is 6.07 Å². The van der Waals surface area contributed by atoms with Gasteiger partial charge in [-0.1, -0.05) is 19.1 Å². The molecule has 0 aromatic heterocycles. The lowest BCUT2D eigenvalue weighted by Crippen LogP contribution is -2.27. The number of nitrogens with one attached hydrogen (secondary N) is 1. The summed E-state index contributed by atoms with van der Waals surface area (Å²) in [4.78, 5) is 0. The van der Waals surface area contributed by atoms with Crippen LogP contribution in [0.25, 0.3) is 0 Å². The van der Waals surface area contributed by atoms with Crippen LogP contribution < -0.4 is 5.32 Å². The van der Waals surface area contributed by atoms with E-state index in [4.69, 9.17) is 0 Å². The molecule has 1 aromatic rings. The van der Waals surface area contributed by atoms with Crippen molar-refractivity contribution < 1.29 is 5.11 Å². The van der Waals surface area contributed by atoms with Gasteiger partial charge < -0.3 is 10.4 Å². The van der Waals surface area contributed by atoms with Gasteiger partial charge in [-0.2, -0.15) is 0 Å². The Morgan fingerprint density at radius 2 is 2.33 bits per heavy atom. The molecular weight excluding hydrogens is 186 g/mol. The van der Waals surface area contributed by atoms with Gasteiger partial charge in [0.15, 0.2) is 0 Å². The first-order valence-electron chi connectivity index (χ1n) is 5.81. The summed E-state index contributed by atoms with van der Waals surface area (Å²) < 4.78 is 0. The molecule has 15 heavy (non-hydrogen) atoms. The van der Waals surface area contributed by atoms with Gasteiger partial charge in [0.25, 0.3) is 0 Å². The highest BCUT2D eigenvalue weighted by Crippen LogP contribution is 2.30. The number of phenolic OH excluding ortho intramolecular Hbond substituents is 1. The second kappa shape index (κ2) is 4.67. The molecule has 1 atom stereocenters. The van der Waals surface area contributed by atoms with Gasteiger partial charge in [0.05, 0.1) is 0 Å². The molecule has 0 saturated heterocycles. The lowest BCUT2D eigenvalue weighted by molar-refractivity contribution is 0.412. The van der Waals surface area contributed by atoms with Gasteiger partial charge in [-0.25, -0.2) is 0 Å². The van der Waals surface area contributed by atoms with Gasteiger partial charge in [-0.3, -0.25) is 0 Å². The summed E-state index contributed by atoms with van der Waals surface area (Å²) in [5, 5.41) is 13.1. The standard InChI is InChI=1S/C13H19NO/c1-2-14-9-10-6-7-12-11(8-10)4-3-5-13(12)15/h3-5,10,14-15H,2,6-9H2,1H3. The molecule has 1 aliphatic rings. The van der Waals surface area contributed by atoms with E-state index in [2.05, 4.69) is 18.3 Å². The van der Waals surface area contributed by atoms with Gasteiger partial charge in [0.1, 0.15) is 5.75 Å². The Morgan fingerprint density at radius 3 is 3.13 bits per heavy atom. The zero-order valence-electron chi connectivity index (χ0n) is 9.29. The van der Waals surface area contributed by atoms with Crippen molar-refractivity contribution in [2.24, 2.45) is 5.92 Å². The van der Waals surface area contributed by atoms with E-state index < -0.39 is 0 Å². The molecule has 0 aliphatic heterocycles. The second-order valence-electron chi connectivity index (χ2n) is 4.33. The Morgan fingerprint density at radius 1 is 1.47 bits per heavy atom. The smallest absolute Gasteiger partial charge is 0.119 e. The van der Waals surface area contributed by atoms with Crippen LogP contribution in [0, 0.1) is 5.92 Å². The van der Waals surface area contributed by atoms with Crippen LogP contribution in [-0.2, 0) is 12.8 Å². The van der Waals surface area contributed by atoms with Gasteiger partial charge in [0, 0.05) is 0 Å². The third kappa shape index (κ3) is 2.32. The molecular formula is C13H19NO. The Balaban J connectivity index is 2.07. The normalized spacial score (nSPS) is 19.9. The van der Waals surface area contributed by atoms with Crippen molar-refractivity contribution in [2.45, 2.75) is 26.2 Å². The molecule has 2 rings (SSSR count). The van der Waals surface area contributed by atoms with E-state index in [1.165, 1.54) is 17.5 Å². The number of phenols is 1. The molecule has 2 N–H and O–H groups in total. The topological polar surface area (TPSA) is 32.3 Å². The Kier molecular flexibility index (Phi) is 3.27. The van der Waals surface area contributed by atoms with Crippen molar-refractivity contribution in [3.63, 3.8) is 0 Å². The molecule has 0 radical (unpaired) electrons. The maximum atomic E-state index is 9.70. The number of hydrogen-bond donors (Lipinski definition) is 2. The third-order valence-corrected chi connectivity index (χ3v) is 3.24. The number of benzene rings is 1. The number of rotatable bonds is 3. The van der Waals surface area contributed by atoms with Crippen molar-refractivity contribution in [3.05, 3.63) is 29.3 Å². The predicted octanol–water partition coefficient (Wildman–Crippen LogP) is 2.11. The van der Waals surface area contributed by atoms with Crippen LogP contribution in [0.2, 0.25) is 0 Å². The maximum absolute atomic E-state index is 9.70. The van der Waals surface area contributed by atoms with E-state index in [9.17, 15) is 5.11 Å². The summed E-state index contributed by atoms with van der Waals surface area (Å²) in [5.41, 5.74) is 2.51. The molecule has 0 bridgehead atoms. The minimum Gasteiger partial charge on any atom is -0.508 e. The molecule has 0 heterocycles. The molecule has 1 aromatic carbocycles. The molecule has 0 saturated carbocycles. The zero-order chi connectivity index (χ0) is 10.7. The van der Waals surface area contributed by atoms with E-state index in [-0.39, 0.29) is 0 Å². The van der Waals surface area contributed by atoms with E-state index in [0.29, 0.717) is 5.75 Å². The van der Waals surface area contributed by atoms with E-state index in [0.717, 1.165) is 31.8 Å². The van der Waals surface area contributed by atoms with Crippen LogP contribution >= 0.6 is 0 Å². The molecule has 0 amide bonds. The molecule has 1 aliphatic carbocycles. The largest absolute Gasteiger partial charge is 0.508 e.